The maximum atomic E-state index is 13.2. The van der Waals surface area contributed by atoms with Gasteiger partial charge in [0.15, 0.2) is 11.5 Å². The van der Waals surface area contributed by atoms with Crippen LogP contribution in [0.15, 0.2) is 23.4 Å². The van der Waals surface area contributed by atoms with Crippen molar-refractivity contribution < 1.29 is 28.5 Å². The summed E-state index contributed by atoms with van der Waals surface area (Å²) in [6, 6.07) is 2.37. The minimum Gasteiger partial charge on any atom is -0.493 e. The molecule has 0 aromatic heterocycles. The molecule has 0 unspecified atom stereocenters. The van der Waals surface area contributed by atoms with Crippen LogP contribution in [0.2, 0.25) is 0 Å². The van der Waals surface area contributed by atoms with Crippen LogP contribution >= 0.6 is 0 Å². The minimum atomic E-state index is -0.705. The highest BCUT2D eigenvalue weighted by Crippen LogP contribution is 2.41. The molecule has 0 spiro atoms. The summed E-state index contributed by atoms with van der Waals surface area (Å²) in [5.41, 5.74) is 1.47. The molecule has 1 aliphatic carbocycles. The van der Waals surface area contributed by atoms with E-state index in [2.05, 4.69) is 10.6 Å². The number of ether oxygens (including phenoxy) is 4. The van der Waals surface area contributed by atoms with Gasteiger partial charge in [-0.05, 0) is 50.3 Å². The van der Waals surface area contributed by atoms with Crippen LogP contribution in [-0.2, 0) is 9.53 Å². The zero-order chi connectivity index (χ0) is 22.4. The number of allylic oxidation sites excluding steroid dienone is 1. The Morgan fingerprint density at radius 3 is 2.06 bits per heavy atom. The molecule has 1 aromatic carbocycles. The fourth-order valence-electron chi connectivity index (χ4n) is 4.23. The number of nitrogens with one attached hydrogen (secondary N) is 2. The number of rotatable bonds is 6. The van der Waals surface area contributed by atoms with Gasteiger partial charge in [-0.2, -0.15) is 0 Å². The Balaban J connectivity index is 1.93. The third kappa shape index (κ3) is 5.24. The minimum absolute atomic E-state index is 0.105. The van der Waals surface area contributed by atoms with Crippen molar-refractivity contribution in [2.24, 2.45) is 0 Å². The highest BCUT2D eigenvalue weighted by atomic mass is 16.5. The van der Waals surface area contributed by atoms with Crippen molar-refractivity contribution in [3.63, 3.8) is 0 Å². The Labute approximate surface area is 183 Å². The van der Waals surface area contributed by atoms with Crippen molar-refractivity contribution in [2.45, 2.75) is 64.0 Å². The summed E-state index contributed by atoms with van der Waals surface area (Å²) in [6.45, 7) is 1.71. The summed E-state index contributed by atoms with van der Waals surface area (Å²) < 4.78 is 22.2. The molecule has 170 valence electrons. The van der Waals surface area contributed by atoms with E-state index in [-0.39, 0.29) is 6.10 Å². The Bertz CT molecular complexity index is 817. The molecule has 0 radical (unpaired) electrons. The average Bonchev–Trinajstić information content (AvgIpc) is 2.73. The highest BCUT2D eigenvalue weighted by Gasteiger charge is 2.34. The van der Waals surface area contributed by atoms with Crippen LogP contribution in [-0.4, -0.2) is 39.4 Å². The van der Waals surface area contributed by atoms with Crippen molar-refractivity contribution in [1.29, 1.82) is 0 Å². The lowest BCUT2D eigenvalue weighted by molar-refractivity contribution is -0.145. The van der Waals surface area contributed by atoms with Gasteiger partial charge < -0.3 is 29.6 Å². The number of carbonyl (C=O) groups excluding carboxylic acids is 2. The molecule has 1 aliphatic heterocycles. The smallest absolute Gasteiger partial charge is 0.338 e. The van der Waals surface area contributed by atoms with Crippen molar-refractivity contribution in [3.8, 4) is 17.2 Å². The molecule has 0 saturated heterocycles. The van der Waals surface area contributed by atoms with Crippen LogP contribution in [0.3, 0.4) is 0 Å². The van der Waals surface area contributed by atoms with E-state index >= 15 is 0 Å². The highest BCUT2D eigenvalue weighted by molar-refractivity contribution is 5.95. The second kappa shape index (κ2) is 10.4. The van der Waals surface area contributed by atoms with Gasteiger partial charge in [0.25, 0.3) is 0 Å². The SMILES string of the molecule is COc1cc([C@@H]2NC(=O)NC(C)=C2C(=O)OC2CCCCCCC2)cc(OC)c1OC. The molecule has 1 fully saturated rings. The fourth-order valence-corrected chi connectivity index (χ4v) is 4.23. The number of methoxy groups -OCH3 is 3. The quantitative estimate of drug-likeness (QED) is 0.660. The Morgan fingerprint density at radius 2 is 1.52 bits per heavy atom. The zero-order valence-corrected chi connectivity index (χ0v) is 18.7. The van der Waals surface area contributed by atoms with E-state index < -0.39 is 18.0 Å². The topological polar surface area (TPSA) is 95.1 Å². The maximum Gasteiger partial charge on any atom is 0.338 e. The van der Waals surface area contributed by atoms with Gasteiger partial charge in [0.2, 0.25) is 5.75 Å². The molecule has 2 amide bonds. The predicted molar refractivity (Wildman–Crippen MR) is 115 cm³/mol. The molecule has 1 atom stereocenters. The molecular formula is C23H32N2O6. The van der Waals surface area contributed by atoms with E-state index in [1.165, 1.54) is 40.6 Å². The van der Waals surface area contributed by atoms with Crippen LogP contribution in [0.4, 0.5) is 4.79 Å². The number of carbonyl (C=O) groups is 2. The van der Waals surface area contributed by atoms with Crippen LogP contribution in [0, 0.1) is 0 Å². The second-order valence-corrected chi connectivity index (χ2v) is 7.90. The monoisotopic (exact) mass is 432 g/mol. The first-order chi connectivity index (χ1) is 15.0. The number of amides is 2. The van der Waals surface area contributed by atoms with Crippen molar-refractivity contribution in [1.82, 2.24) is 10.6 Å². The number of hydrogen-bond acceptors (Lipinski definition) is 6. The van der Waals surface area contributed by atoms with Gasteiger partial charge in [0, 0.05) is 5.70 Å². The standard InChI is InChI=1S/C23H32N2O6/c1-14-19(22(26)31-16-10-8-6-5-7-9-11-16)20(25-23(27)24-14)15-12-17(28-2)21(30-4)18(13-15)29-3/h12-13,16,20H,5-11H2,1-4H3,(H2,24,25,27)/t20-/m0/s1. The van der Waals surface area contributed by atoms with E-state index in [1.807, 2.05) is 0 Å². The lowest BCUT2D eigenvalue weighted by atomic mass is 9.94. The Kier molecular flexibility index (Phi) is 7.65. The summed E-state index contributed by atoms with van der Waals surface area (Å²) in [6.07, 6.45) is 7.32. The molecule has 2 N–H and O–H groups in total. The van der Waals surface area contributed by atoms with Crippen LogP contribution < -0.4 is 24.8 Å². The molecule has 0 bridgehead atoms. The van der Waals surface area contributed by atoms with Gasteiger partial charge in [-0.1, -0.05) is 19.3 Å². The number of benzene rings is 1. The third-order valence-corrected chi connectivity index (χ3v) is 5.84. The van der Waals surface area contributed by atoms with Gasteiger partial charge in [-0.3, -0.25) is 0 Å². The van der Waals surface area contributed by atoms with Gasteiger partial charge in [0.05, 0.1) is 32.9 Å². The van der Waals surface area contributed by atoms with Crippen LogP contribution in [0.1, 0.15) is 63.5 Å². The molecule has 2 aliphatic rings. The van der Waals surface area contributed by atoms with Crippen molar-refractivity contribution >= 4 is 12.0 Å². The first-order valence-corrected chi connectivity index (χ1v) is 10.8. The van der Waals surface area contributed by atoms with Gasteiger partial charge in [-0.25, -0.2) is 9.59 Å². The largest absolute Gasteiger partial charge is 0.493 e. The normalized spacial score (nSPS) is 20.1. The number of hydrogen-bond donors (Lipinski definition) is 2. The van der Waals surface area contributed by atoms with E-state index in [1.54, 1.807) is 19.1 Å². The van der Waals surface area contributed by atoms with E-state index in [9.17, 15) is 9.59 Å². The molecule has 1 aromatic rings. The summed E-state index contributed by atoms with van der Waals surface area (Å²) in [7, 11) is 4.56. The third-order valence-electron chi connectivity index (χ3n) is 5.84. The molecule has 8 nitrogen and oxygen atoms in total. The molecule has 1 heterocycles. The van der Waals surface area contributed by atoms with Crippen molar-refractivity contribution in [2.75, 3.05) is 21.3 Å². The van der Waals surface area contributed by atoms with Gasteiger partial charge in [-0.15, -0.1) is 0 Å². The van der Waals surface area contributed by atoms with Gasteiger partial charge in [0.1, 0.15) is 6.10 Å². The maximum absolute atomic E-state index is 13.2. The summed E-state index contributed by atoms with van der Waals surface area (Å²) >= 11 is 0. The molecule has 8 heteroatoms. The van der Waals surface area contributed by atoms with Gasteiger partial charge >= 0.3 is 12.0 Å². The first-order valence-electron chi connectivity index (χ1n) is 10.8. The summed E-state index contributed by atoms with van der Waals surface area (Å²) in [5.74, 6) is 0.896. The van der Waals surface area contributed by atoms with Crippen molar-refractivity contribution in [3.05, 3.63) is 29.0 Å². The van der Waals surface area contributed by atoms with Crippen LogP contribution in [0.25, 0.3) is 0 Å². The van der Waals surface area contributed by atoms with Crippen LogP contribution in [0.5, 0.6) is 17.2 Å². The van der Waals surface area contributed by atoms with E-state index in [0.717, 1.165) is 25.7 Å². The fraction of sp³-hybridized carbons (Fsp3) is 0.565. The number of esters is 1. The first kappa shape index (κ1) is 22.8. The molecule has 31 heavy (non-hydrogen) atoms. The van der Waals surface area contributed by atoms with E-state index in [0.29, 0.717) is 34.1 Å². The average molecular weight is 433 g/mol. The lowest BCUT2D eigenvalue weighted by Crippen LogP contribution is -2.45. The predicted octanol–water partition coefficient (Wildman–Crippen LogP) is 4.00. The Morgan fingerprint density at radius 1 is 0.935 bits per heavy atom. The summed E-state index contributed by atoms with van der Waals surface area (Å²) in [4.78, 5) is 25.5. The zero-order valence-electron chi connectivity index (χ0n) is 18.7. The Hall–Kier alpha value is -2.90. The lowest BCUT2D eigenvalue weighted by Gasteiger charge is -2.30. The molecular weight excluding hydrogens is 400 g/mol. The van der Waals surface area contributed by atoms with E-state index in [4.69, 9.17) is 18.9 Å². The molecule has 1 saturated carbocycles. The second-order valence-electron chi connectivity index (χ2n) is 7.90. The summed E-state index contributed by atoms with van der Waals surface area (Å²) in [5, 5.41) is 5.52. The molecule has 3 rings (SSSR count). The number of urea groups is 1.